The topological polar surface area (TPSA) is 47.9 Å². The fourth-order valence-corrected chi connectivity index (χ4v) is 0.592. The summed E-state index contributed by atoms with van der Waals surface area (Å²) in [5, 5.41) is 3.42. The molecule has 0 aliphatic carbocycles. The molecule has 0 saturated carbocycles. The number of ether oxygens (including phenoxy) is 1. The molecule has 0 atom stereocenters. The first-order valence-corrected chi connectivity index (χ1v) is 2.79. The van der Waals surface area contributed by atoms with E-state index < -0.39 is 5.97 Å². The predicted molar refractivity (Wildman–Crippen MR) is 34.5 cm³/mol. The minimum absolute atomic E-state index is 0.203. The summed E-state index contributed by atoms with van der Waals surface area (Å²) in [6.45, 7) is 0.321. The van der Waals surface area contributed by atoms with Crippen molar-refractivity contribution in [3.05, 3.63) is 12.2 Å². The summed E-state index contributed by atoms with van der Waals surface area (Å²) in [6.07, 6.45) is 3.26. The van der Waals surface area contributed by atoms with Gasteiger partial charge in [-0.05, 0) is 12.2 Å². The molecule has 1 aliphatic rings. The molecule has 54 valence electrons. The van der Waals surface area contributed by atoms with Crippen LogP contribution in [-0.4, -0.2) is 25.4 Å². The third-order valence-electron chi connectivity index (χ3n) is 0.985. The Kier molecular flexibility index (Phi) is 2.04. The SMILES string of the molecule is CO/N=C1/C=CCOC1=O. The molecule has 0 aromatic rings. The molecule has 0 spiro atoms. The molecule has 4 nitrogen and oxygen atoms in total. The van der Waals surface area contributed by atoms with Crippen LogP contribution in [0.15, 0.2) is 17.3 Å². The van der Waals surface area contributed by atoms with Gasteiger partial charge in [0.05, 0.1) is 0 Å². The average molecular weight is 141 g/mol. The summed E-state index contributed by atoms with van der Waals surface area (Å²) in [5.74, 6) is -0.440. The number of carbonyl (C=O) groups is 1. The smallest absolute Gasteiger partial charge is 0.360 e. The highest BCUT2D eigenvalue weighted by Crippen LogP contribution is 1.95. The van der Waals surface area contributed by atoms with Gasteiger partial charge in [0.15, 0.2) is 5.71 Å². The maximum Gasteiger partial charge on any atom is 0.360 e. The lowest BCUT2D eigenvalue weighted by Gasteiger charge is -2.04. The molecule has 0 aromatic heterocycles. The molecule has 4 heteroatoms. The summed E-state index contributed by atoms with van der Waals surface area (Å²) in [6, 6.07) is 0. The van der Waals surface area contributed by atoms with Crippen molar-refractivity contribution >= 4 is 11.7 Å². The number of rotatable bonds is 1. The van der Waals surface area contributed by atoms with Gasteiger partial charge in [0, 0.05) is 0 Å². The molecule has 0 amide bonds. The highest BCUT2D eigenvalue weighted by atomic mass is 16.6. The minimum atomic E-state index is -0.440. The molecule has 1 heterocycles. The molecule has 0 saturated heterocycles. The van der Waals surface area contributed by atoms with Crippen molar-refractivity contribution in [2.24, 2.45) is 5.16 Å². The molecule has 0 unspecified atom stereocenters. The first kappa shape index (κ1) is 6.80. The summed E-state index contributed by atoms with van der Waals surface area (Å²) in [4.78, 5) is 15.1. The maximum atomic E-state index is 10.7. The van der Waals surface area contributed by atoms with Crippen LogP contribution in [0.25, 0.3) is 0 Å². The highest BCUT2D eigenvalue weighted by Gasteiger charge is 2.13. The van der Waals surface area contributed by atoms with Crippen molar-refractivity contribution in [3.8, 4) is 0 Å². The average Bonchev–Trinajstić information content (AvgIpc) is 1.94. The molecular formula is C6H7NO3. The number of hydrogen-bond acceptors (Lipinski definition) is 4. The lowest BCUT2D eigenvalue weighted by Crippen LogP contribution is -2.19. The number of esters is 1. The first-order valence-electron chi connectivity index (χ1n) is 2.79. The van der Waals surface area contributed by atoms with E-state index in [2.05, 4.69) is 14.7 Å². The van der Waals surface area contributed by atoms with Gasteiger partial charge < -0.3 is 9.57 Å². The number of hydrogen-bond donors (Lipinski definition) is 0. The molecule has 0 radical (unpaired) electrons. The Labute approximate surface area is 58.1 Å². The number of carbonyl (C=O) groups excluding carboxylic acids is 1. The van der Waals surface area contributed by atoms with Gasteiger partial charge in [-0.1, -0.05) is 5.16 Å². The van der Waals surface area contributed by atoms with E-state index in [0.29, 0.717) is 6.61 Å². The zero-order chi connectivity index (χ0) is 7.40. The van der Waals surface area contributed by atoms with E-state index in [-0.39, 0.29) is 5.71 Å². The van der Waals surface area contributed by atoms with Crippen LogP contribution in [0.3, 0.4) is 0 Å². The van der Waals surface area contributed by atoms with E-state index in [0.717, 1.165) is 0 Å². The van der Waals surface area contributed by atoms with E-state index >= 15 is 0 Å². The fourth-order valence-electron chi connectivity index (χ4n) is 0.592. The maximum absolute atomic E-state index is 10.7. The van der Waals surface area contributed by atoms with E-state index in [1.54, 1.807) is 12.2 Å². The monoisotopic (exact) mass is 141 g/mol. The third-order valence-corrected chi connectivity index (χ3v) is 0.985. The Morgan fingerprint density at radius 3 is 3.20 bits per heavy atom. The van der Waals surface area contributed by atoms with E-state index in [1.165, 1.54) is 7.11 Å². The molecule has 0 aromatic carbocycles. The van der Waals surface area contributed by atoms with Crippen molar-refractivity contribution in [2.45, 2.75) is 0 Å². The highest BCUT2D eigenvalue weighted by molar-refractivity contribution is 6.41. The molecular weight excluding hydrogens is 134 g/mol. The Bertz CT molecular complexity index is 195. The summed E-state index contributed by atoms with van der Waals surface area (Å²) < 4.78 is 4.61. The fraction of sp³-hybridized carbons (Fsp3) is 0.333. The minimum Gasteiger partial charge on any atom is -0.457 e. The zero-order valence-corrected chi connectivity index (χ0v) is 5.53. The predicted octanol–water partition coefficient (Wildman–Crippen LogP) is 0.102. The number of nitrogens with zero attached hydrogens (tertiary/aromatic N) is 1. The first-order chi connectivity index (χ1) is 4.84. The lowest BCUT2D eigenvalue weighted by molar-refractivity contribution is -0.134. The molecule has 10 heavy (non-hydrogen) atoms. The van der Waals surface area contributed by atoms with Crippen LogP contribution >= 0.6 is 0 Å². The largest absolute Gasteiger partial charge is 0.457 e. The van der Waals surface area contributed by atoms with Gasteiger partial charge in [-0.25, -0.2) is 4.79 Å². The molecule has 1 aliphatic heterocycles. The van der Waals surface area contributed by atoms with Crippen molar-refractivity contribution in [1.82, 2.24) is 0 Å². The quantitative estimate of drug-likeness (QED) is 0.384. The Hall–Kier alpha value is -1.32. The van der Waals surface area contributed by atoms with Crippen molar-refractivity contribution in [1.29, 1.82) is 0 Å². The van der Waals surface area contributed by atoms with E-state index in [4.69, 9.17) is 0 Å². The van der Waals surface area contributed by atoms with Crippen LogP contribution in [0.2, 0.25) is 0 Å². The van der Waals surface area contributed by atoms with Gasteiger partial charge in [0.1, 0.15) is 13.7 Å². The summed E-state index contributed by atoms with van der Waals surface area (Å²) >= 11 is 0. The third kappa shape index (κ3) is 1.34. The zero-order valence-electron chi connectivity index (χ0n) is 5.53. The summed E-state index contributed by atoms with van der Waals surface area (Å²) in [5.41, 5.74) is 0.203. The Morgan fingerprint density at radius 2 is 2.60 bits per heavy atom. The summed E-state index contributed by atoms with van der Waals surface area (Å²) in [7, 11) is 1.38. The van der Waals surface area contributed by atoms with Gasteiger partial charge in [0.2, 0.25) is 0 Å². The standard InChI is InChI=1S/C6H7NO3/c1-9-7-5-3-2-4-10-6(5)8/h2-3H,4H2,1H3/b7-5-. The molecule has 0 N–H and O–H groups in total. The van der Waals surface area contributed by atoms with Gasteiger partial charge in [0.25, 0.3) is 0 Å². The number of cyclic esters (lactones) is 1. The molecule has 1 rings (SSSR count). The van der Waals surface area contributed by atoms with Crippen LogP contribution in [0.1, 0.15) is 0 Å². The van der Waals surface area contributed by atoms with Gasteiger partial charge in [-0.3, -0.25) is 0 Å². The van der Waals surface area contributed by atoms with E-state index in [9.17, 15) is 4.79 Å². The van der Waals surface area contributed by atoms with E-state index in [1.807, 2.05) is 0 Å². The van der Waals surface area contributed by atoms with Crippen LogP contribution in [0.5, 0.6) is 0 Å². The number of oxime groups is 1. The van der Waals surface area contributed by atoms with Crippen LogP contribution in [0.4, 0.5) is 0 Å². The van der Waals surface area contributed by atoms with Crippen LogP contribution < -0.4 is 0 Å². The van der Waals surface area contributed by atoms with Crippen molar-refractivity contribution < 1.29 is 14.4 Å². The second-order valence-electron chi connectivity index (χ2n) is 1.66. The second kappa shape index (κ2) is 3.00. The van der Waals surface area contributed by atoms with Gasteiger partial charge in [-0.2, -0.15) is 0 Å². The molecule has 0 bridgehead atoms. The van der Waals surface area contributed by atoms with Crippen molar-refractivity contribution in [2.75, 3.05) is 13.7 Å². The second-order valence-corrected chi connectivity index (χ2v) is 1.66. The van der Waals surface area contributed by atoms with Crippen molar-refractivity contribution in [3.63, 3.8) is 0 Å². The Morgan fingerprint density at radius 1 is 1.80 bits per heavy atom. The van der Waals surface area contributed by atoms with Crippen LogP contribution in [0, 0.1) is 0 Å². The molecule has 0 fully saturated rings. The normalized spacial score (nSPS) is 20.9. The lowest BCUT2D eigenvalue weighted by atomic mass is 10.3. The van der Waals surface area contributed by atoms with Crippen LogP contribution in [-0.2, 0) is 14.4 Å². The Balaban J connectivity index is 2.73. The van der Waals surface area contributed by atoms with Gasteiger partial charge >= 0.3 is 5.97 Å². The van der Waals surface area contributed by atoms with Gasteiger partial charge in [-0.15, -0.1) is 0 Å².